The highest BCUT2D eigenvalue weighted by atomic mass is 32.1. The number of thiol groups is 1. The molecule has 86 valence electrons. The molecule has 0 atom stereocenters. The van der Waals surface area contributed by atoms with E-state index in [0.29, 0.717) is 11.8 Å². The van der Waals surface area contributed by atoms with Gasteiger partial charge in [-0.05, 0) is 31.1 Å². The third-order valence-electron chi connectivity index (χ3n) is 3.10. The van der Waals surface area contributed by atoms with Crippen LogP contribution in [0.15, 0.2) is 0 Å². The summed E-state index contributed by atoms with van der Waals surface area (Å²) in [6.07, 6.45) is 2.79. The molecule has 0 amide bonds. The minimum atomic E-state index is 0.297. The fraction of sp³-hybridized carbons (Fsp3) is 0.909. The first-order valence-corrected chi connectivity index (χ1v) is 6.10. The summed E-state index contributed by atoms with van der Waals surface area (Å²) in [6.45, 7) is 3.59. The fourth-order valence-electron chi connectivity index (χ4n) is 2.06. The highest BCUT2D eigenvalue weighted by Crippen LogP contribution is 2.32. The molecule has 1 saturated heterocycles. The van der Waals surface area contributed by atoms with E-state index in [4.69, 9.17) is 10.00 Å². The van der Waals surface area contributed by atoms with Gasteiger partial charge in [-0.2, -0.15) is 17.9 Å². The van der Waals surface area contributed by atoms with E-state index in [1.807, 2.05) is 0 Å². The summed E-state index contributed by atoms with van der Waals surface area (Å²) in [5, 5.41) is 8.53. The van der Waals surface area contributed by atoms with E-state index in [9.17, 15) is 0 Å². The summed E-state index contributed by atoms with van der Waals surface area (Å²) in [6, 6.07) is 2.18. The largest absolute Gasteiger partial charge is 0.381 e. The van der Waals surface area contributed by atoms with Crippen LogP contribution in [0.2, 0.25) is 0 Å². The Balaban J connectivity index is 2.41. The molecule has 1 aliphatic rings. The zero-order chi connectivity index (χ0) is 11.1. The van der Waals surface area contributed by atoms with Crippen LogP contribution in [0.4, 0.5) is 0 Å². The molecule has 1 aliphatic heterocycles. The van der Waals surface area contributed by atoms with Crippen LogP contribution < -0.4 is 0 Å². The van der Waals surface area contributed by atoms with Crippen LogP contribution in [-0.4, -0.2) is 44.0 Å². The Kier molecular flexibility index (Phi) is 5.44. The van der Waals surface area contributed by atoms with Crippen molar-refractivity contribution < 1.29 is 4.74 Å². The summed E-state index contributed by atoms with van der Waals surface area (Å²) in [4.78, 5) is 2.24. The van der Waals surface area contributed by atoms with Crippen molar-refractivity contribution in [2.24, 2.45) is 5.41 Å². The van der Waals surface area contributed by atoms with Gasteiger partial charge in [0.25, 0.3) is 0 Å². The third-order valence-corrected chi connectivity index (χ3v) is 3.77. The Hall–Kier alpha value is -0.240. The third kappa shape index (κ3) is 4.02. The molecule has 0 aromatic carbocycles. The molecule has 0 radical (unpaired) electrons. The summed E-state index contributed by atoms with van der Waals surface area (Å²) in [7, 11) is 2.08. The topological polar surface area (TPSA) is 36.3 Å². The van der Waals surface area contributed by atoms with Crippen LogP contribution in [0.3, 0.4) is 0 Å². The SMILES string of the molecule is CN(CCC#N)CC1(CS)CCOCC1. The van der Waals surface area contributed by atoms with E-state index in [0.717, 1.165) is 44.9 Å². The van der Waals surface area contributed by atoms with E-state index in [1.54, 1.807) is 0 Å². The number of hydrogen-bond donors (Lipinski definition) is 1. The molecular formula is C11H20N2OS. The fourth-order valence-corrected chi connectivity index (χ4v) is 2.48. The van der Waals surface area contributed by atoms with Gasteiger partial charge >= 0.3 is 0 Å². The Morgan fingerprint density at radius 1 is 1.47 bits per heavy atom. The van der Waals surface area contributed by atoms with Gasteiger partial charge in [0.15, 0.2) is 0 Å². The van der Waals surface area contributed by atoms with Gasteiger partial charge in [-0.25, -0.2) is 0 Å². The second-order valence-electron chi connectivity index (χ2n) is 4.42. The minimum Gasteiger partial charge on any atom is -0.381 e. The highest BCUT2D eigenvalue weighted by molar-refractivity contribution is 7.80. The zero-order valence-electron chi connectivity index (χ0n) is 9.41. The Labute approximate surface area is 97.8 Å². The predicted octanol–water partition coefficient (Wildman–Crippen LogP) is 1.56. The van der Waals surface area contributed by atoms with E-state index < -0.39 is 0 Å². The van der Waals surface area contributed by atoms with E-state index in [-0.39, 0.29) is 0 Å². The van der Waals surface area contributed by atoms with Gasteiger partial charge in [-0.3, -0.25) is 0 Å². The average molecular weight is 228 g/mol. The lowest BCUT2D eigenvalue weighted by Crippen LogP contribution is -2.41. The number of nitriles is 1. The summed E-state index contributed by atoms with van der Waals surface area (Å²) in [5.74, 6) is 0.910. The predicted molar refractivity (Wildman–Crippen MR) is 64.1 cm³/mol. The molecule has 0 aliphatic carbocycles. The summed E-state index contributed by atoms with van der Waals surface area (Å²) >= 11 is 4.47. The molecule has 4 heteroatoms. The van der Waals surface area contributed by atoms with Crippen LogP contribution in [0.1, 0.15) is 19.3 Å². The molecule has 1 rings (SSSR count). The number of rotatable bonds is 5. The standard InChI is InChI=1S/C11H20N2OS/c1-13(6-2-5-12)9-11(10-15)3-7-14-8-4-11/h15H,2-4,6-10H2,1H3. The summed E-state index contributed by atoms with van der Waals surface area (Å²) in [5.41, 5.74) is 0.297. The van der Waals surface area contributed by atoms with Gasteiger partial charge in [-0.15, -0.1) is 0 Å². The molecule has 0 aromatic rings. The monoisotopic (exact) mass is 228 g/mol. The van der Waals surface area contributed by atoms with E-state index >= 15 is 0 Å². The number of ether oxygens (including phenoxy) is 1. The van der Waals surface area contributed by atoms with Crippen molar-refractivity contribution in [1.82, 2.24) is 4.90 Å². The Morgan fingerprint density at radius 2 is 2.13 bits per heavy atom. The van der Waals surface area contributed by atoms with Crippen LogP contribution in [-0.2, 0) is 4.74 Å². The van der Waals surface area contributed by atoms with Crippen molar-refractivity contribution in [3.8, 4) is 6.07 Å². The van der Waals surface area contributed by atoms with Gasteiger partial charge in [-0.1, -0.05) is 0 Å². The highest BCUT2D eigenvalue weighted by Gasteiger charge is 2.32. The van der Waals surface area contributed by atoms with Crippen LogP contribution in [0, 0.1) is 16.7 Å². The lowest BCUT2D eigenvalue weighted by atomic mass is 9.81. The second-order valence-corrected chi connectivity index (χ2v) is 4.73. The summed E-state index contributed by atoms with van der Waals surface area (Å²) < 4.78 is 5.38. The van der Waals surface area contributed by atoms with Crippen molar-refractivity contribution >= 4 is 12.6 Å². The molecule has 1 fully saturated rings. The first-order valence-electron chi connectivity index (χ1n) is 5.46. The van der Waals surface area contributed by atoms with E-state index in [1.165, 1.54) is 0 Å². The van der Waals surface area contributed by atoms with Crippen molar-refractivity contribution in [1.29, 1.82) is 5.26 Å². The average Bonchev–Trinajstić information content (AvgIpc) is 2.27. The van der Waals surface area contributed by atoms with Crippen molar-refractivity contribution in [2.75, 3.05) is 39.1 Å². The Bertz CT molecular complexity index is 221. The van der Waals surface area contributed by atoms with Crippen molar-refractivity contribution in [2.45, 2.75) is 19.3 Å². The molecule has 0 saturated carbocycles. The van der Waals surface area contributed by atoms with Crippen molar-refractivity contribution in [3.63, 3.8) is 0 Å². The molecule has 0 aromatic heterocycles. The maximum Gasteiger partial charge on any atom is 0.0635 e. The van der Waals surface area contributed by atoms with Crippen molar-refractivity contribution in [3.05, 3.63) is 0 Å². The maximum atomic E-state index is 8.53. The van der Waals surface area contributed by atoms with Gasteiger partial charge in [0, 0.05) is 32.7 Å². The molecular weight excluding hydrogens is 208 g/mol. The van der Waals surface area contributed by atoms with Crippen LogP contribution >= 0.6 is 12.6 Å². The first-order chi connectivity index (χ1) is 7.22. The lowest BCUT2D eigenvalue weighted by Gasteiger charge is -2.38. The van der Waals surface area contributed by atoms with Crippen LogP contribution in [0.5, 0.6) is 0 Å². The van der Waals surface area contributed by atoms with Gasteiger partial charge in [0.05, 0.1) is 6.07 Å². The first kappa shape index (κ1) is 12.8. The molecule has 0 bridgehead atoms. The molecule has 15 heavy (non-hydrogen) atoms. The smallest absolute Gasteiger partial charge is 0.0635 e. The maximum absolute atomic E-state index is 8.53. The normalized spacial score (nSPS) is 20.1. The second kappa shape index (κ2) is 6.37. The molecule has 0 unspecified atom stereocenters. The number of nitrogens with zero attached hydrogens (tertiary/aromatic N) is 2. The van der Waals surface area contributed by atoms with Gasteiger partial charge in [0.2, 0.25) is 0 Å². The zero-order valence-corrected chi connectivity index (χ0v) is 10.3. The van der Waals surface area contributed by atoms with Gasteiger partial charge in [0.1, 0.15) is 0 Å². The molecule has 3 nitrogen and oxygen atoms in total. The number of hydrogen-bond acceptors (Lipinski definition) is 4. The lowest BCUT2D eigenvalue weighted by molar-refractivity contribution is 0.0119. The quantitative estimate of drug-likeness (QED) is 0.725. The van der Waals surface area contributed by atoms with Gasteiger partial charge < -0.3 is 9.64 Å². The molecule has 0 spiro atoms. The molecule has 1 heterocycles. The van der Waals surface area contributed by atoms with Crippen LogP contribution in [0.25, 0.3) is 0 Å². The molecule has 0 N–H and O–H groups in total. The van der Waals surface area contributed by atoms with E-state index in [2.05, 4.69) is 30.6 Å². The Morgan fingerprint density at radius 3 is 2.67 bits per heavy atom. The minimum absolute atomic E-state index is 0.297.